The predicted molar refractivity (Wildman–Crippen MR) is 71.5 cm³/mol. The number of carbonyl (C=O) groups is 1. The summed E-state index contributed by atoms with van der Waals surface area (Å²) in [5.41, 5.74) is -0.336. The average Bonchev–Trinajstić information content (AvgIpc) is 3.30. The SMILES string of the molecule is C[C@](C#N)(NC(=O)COc1cccc(C#N)c1)C1CC1. The molecule has 1 saturated carbocycles. The number of hydrogen-bond donors (Lipinski definition) is 1. The second-order valence-corrected chi connectivity index (χ2v) is 5.06. The number of nitrogens with zero attached hydrogens (tertiary/aromatic N) is 2. The molecule has 1 fully saturated rings. The average molecular weight is 269 g/mol. The summed E-state index contributed by atoms with van der Waals surface area (Å²) in [5.74, 6) is 0.367. The summed E-state index contributed by atoms with van der Waals surface area (Å²) >= 11 is 0. The Morgan fingerprint density at radius 1 is 1.50 bits per heavy atom. The fourth-order valence-corrected chi connectivity index (χ4v) is 2.01. The smallest absolute Gasteiger partial charge is 0.259 e. The van der Waals surface area contributed by atoms with Crippen molar-refractivity contribution in [3.63, 3.8) is 0 Å². The number of carbonyl (C=O) groups excluding carboxylic acids is 1. The van der Waals surface area contributed by atoms with E-state index in [0.717, 1.165) is 12.8 Å². The lowest BCUT2D eigenvalue weighted by Crippen LogP contribution is -2.48. The van der Waals surface area contributed by atoms with Gasteiger partial charge in [0, 0.05) is 0 Å². The lowest BCUT2D eigenvalue weighted by molar-refractivity contribution is -0.124. The van der Waals surface area contributed by atoms with E-state index < -0.39 is 5.54 Å². The quantitative estimate of drug-likeness (QED) is 0.882. The Hall–Kier alpha value is -2.53. The predicted octanol–water partition coefficient (Wildman–Crippen LogP) is 1.75. The Labute approximate surface area is 117 Å². The molecule has 1 aliphatic carbocycles. The summed E-state index contributed by atoms with van der Waals surface area (Å²) in [6, 6.07) is 10.8. The Balaban J connectivity index is 1.89. The van der Waals surface area contributed by atoms with E-state index in [1.165, 1.54) is 0 Å². The molecule has 0 aromatic heterocycles. The van der Waals surface area contributed by atoms with Crippen molar-refractivity contribution in [3.8, 4) is 17.9 Å². The Morgan fingerprint density at radius 3 is 2.85 bits per heavy atom. The molecule has 102 valence electrons. The second kappa shape index (κ2) is 5.63. The molecule has 0 heterocycles. The third-order valence-electron chi connectivity index (χ3n) is 3.36. The van der Waals surface area contributed by atoms with Crippen LogP contribution >= 0.6 is 0 Å². The van der Waals surface area contributed by atoms with Crippen molar-refractivity contribution in [2.75, 3.05) is 6.61 Å². The molecule has 1 atom stereocenters. The van der Waals surface area contributed by atoms with Crippen LogP contribution in [0, 0.1) is 28.6 Å². The summed E-state index contributed by atoms with van der Waals surface area (Å²) in [4.78, 5) is 11.8. The normalized spacial score (nSPS) is 16.4. The Morgan fingerprint density at radius 2 is 2.25 bits per heavy atom. The molecule has 0 bridgehead atoms. The van der Waals surface area contributed by atoms with E-state index in [0.29, 0.717) is 11.3 Å². The molecule has 0 aliphatic heterocycles. The lowest BCUT2D eigenvalue weighted by atomic mass is 9.98. The van der Waals surface area contributed by atoms with E-state index >= 15 is 0 Å². The number of benzene rings is 1. The largest absolute Gasteiger partial charge is 0.484 e. The minimum Gasteiger partial charge on any atom is -0.484 e. The highest BCUT2D eigenvalue weighted by molar-refractivity contribution is 5.79. The van der Waals surface area contributed by atoms with Crippen molar-refractivity contribution in [2.24, 2.45) is 5.92 Å². The van der Waals surface area contributed by atoms with Crippen molar-refractivity contribution in [2.45, 2.75) is 25.3 Å². The second-order valence-electron chi connectivity index (χ2n) is 5.06. The summed E-state index contributed by atoms with van der Waals surface area (Å²) in [6.45, 7) is 1.57. The third-order valence-corrected chi connectivity index (χ3v) is 3.36. The van der Waals surface area contributed by atoms with E-state index in [1.807, 2.05) is 6.07 Å². The monoisotopic (exact) mass is 269 g/mol. The number of ether oxygens (including phenoxy) is 1. The summed E-state index contributed by atoms with van der Waals surface area (Å²) in [5, 5.41) is 20.6. The van der Waals surface area contributed by atoms with E-state index in [2.05, 4.69) is 11.4 Å². The molecule has 1 N–H and O–H groups in total. The highest BCUT2D eigenvalue weighted by Crippen LogP contribution is 2.39. The van der Waals surface area contributed by atoms with Crippen molar-refractivity contribution in [3.05, 3.63) is 29.8 Å². The van der Waals surface area contributed by atoms with Crippen LogP contribution in [0.15, 0.2) is 24.3 Å². The van der Waals surface area contributed by atoms with Crippen LogP contribution in [0.25, 0.3) is 0 Å². The van der Waals surface area contributed by atoms with Crippen LogP contribution in [0.2, 0.25) is 0 Å². The van der Waals surface area contributed by atoms with Crippen LogP contribution in [0.1, 0.15) is 25.3 Å². The molecule has 5 heteroatoms. The molecule has 0 radical (unpaired) electrons. The molecule has 20 heavy (non-hydrogen) atoms. The van der Waals surface area contributed by atoms with E-state index in [9.17, 15) is 4.79 Å². The third kappa shape index (κ3) is 3.27. The van der Waals surface area contributed by atoms with Crippen molar-refractivity contribution >= 4 is 5.91 Å². The van der Waals surface area contributed by atoms with Crippen LogP contribution in [-0.2, 0) is 4.79 Å². The molecule has 2 rings (SSSR count). The first-order valence-corrected chi connectivity index (χ1v) is 6.42. The summed E-state index contributed by atoms with van der Waals surface area (Å²) < 4.78 is 5.33. The lowest BCUT2D eigenvalue weighted by Gasteiger charge is -2.22. The van der Waals surface area contributed by atoms with Crippen LogP contribution in [0.5, 0.6) is 5.75 Å². The highest BCUT2D eigenvalue weighted by Gasteiger charge is 2.43. The first-order valence-electron chi connectivity index (χ1n) is 6.42. The van der Waals surface area contributed by atoms with Gasteiger partial charge < -0.3 is 10.1 Å². The molecular weight excluding hydrogens is 254 g/mol. The highest BCUT2D eigenvalue weighted by atomic mass is 16.5. The number of nitriles is 2. The maximum Gasteiger partial charge on any atom is 0.259 e. The minimum atomic E-state index is -0.811. The van der Waals surface area contributed by atoms with Crippen LogP contribution in [-0.4, -0.2) is 18.1 Å². The number of hydrogen-bond acceptors (Lipinski definition) is 4. The molecular formula is C15H15N3O2. The molecule has 1 aliphatic rings. The molecule has 0 saturated heterocycles. The number of amides is 1. The maximum atomic E-state index is 11.8. The topological polar surface area (TPSA) is 85.9 Å². The zero-order valence-electron chi connectivity index (χ0n) is 11.2. The van der Waals surface area contributed by atoms with Gasteiger partial charge in [0.15, 0.2) is 6.61 Å². The van der Waals surface area contributed by atoms with E-state index in [-0.39, 0.29) is 18.4 Å². The maximum absolute atomic E-state index is 11.8. The zero-order valence-corrected chi connectivity index (χ0v) is 11.2. The first-order chi connectivity index (χ1) is 9.57. The minimum absolute atomic E-state index is 0.168. The van der Waals surface area contributed by atoms with Crippen molar-refractivity contribution in [1.29, 1.82) is 10.5 Å². The Bertz CT molecular complexity index is 596. The van der Waals surface area contributed by atoms with Gasteiger partial charge in [0.1, 0.15) is 11.3 Å². The van der Waals surface area contributed by atoms with Crippen molar-refractivity contribution < 1.29 is 9.53 Å². The van der Waals surface area contributed by atoms with Gasteiger partial charge in [-0.1, -0.05) is 6.07 Å². The van der Waals surface area contributed by atoms with Gasteiger partial charge in [-0.2, -0.15) is 10.5 Å². The number of nitrogens with one attached hydrogen (secondary N) is 1. The Kier molecular flexibility index (Phi) is 3.91. The van der Waals surface area contributed by atoms with Gasteiger partial charge in [0.05, 0.1) is 17.7 Å². The first kappa shape index (κ1) is 13.9. The van der Waals surface area contributed by atoms with Crippen LogP contribution in [0.3, 0.4) is 0 Å². The number of rotatable bonds is 5. The summed E-state index contributed by atoms with van der Waals surface area (Å²) in [7, 11) is 0. The van der Waals surface area contributed by atoms with Crippen LogP contribution < -0.4 is 10.1 Å². The van der Waals surface area contributed by atoms with Gasteiger partial charge >= 0.3 is 0 Å². The molecule has 1 aromatic carbocycles. The zero-order chi connectivity index (χ0) is 14.6. The van der Waals surface area contributed by atoms with E-state index in [4.69, 9.17) is 15.3 Å². The fourth-order valence-electron chi connectivity index (χ4n) is 2.01. The van der Waals surface area contributed by atoms with Gasteiger partial charge in [-0.15, -0.1) is 0 Å². The van der Waals surface area contributed by atoms with Gasteiger partial charge in [-0.25, -0.2) is 0 Å². The van der Waals surface area contributed by atoms with Gasteiger partial charge in [-0.3, -0.25) is 4.79 Å². The van der Waals surface area contributed by atoms with Crippen LogP contribution in [0.4, 0.5) is 0 Å². The van der Waals surface area contributed by atoms with Gasteiger partial charge in [-0.05, 0) is 43.9 Å². The van der Waals surface area contributed by atoms with Crippen molar-refractivity contribution in [1.82, 2.24) is 5.32 Å². The molecule has 0 spiro atoms. The van der Waals surface area contributed by atoms with Gasteiger partial charge in [0.25, 0.3) is 5.91 Å². The summed E-state index contributed by atoms with van der Waals surface area (Å²) in [6.07, 6.45) is 1.94. The molecule has 5 nitrogen and oxygen atoms in total. The standard InChI is InChI=1S/C15H15N3O2/c1-15(10-17,12-5-6-12)18-14(19)9-20-13-4-2-3-11(7-13)8-16/h2-4,7,12H,5-6,9H2,1H3,(H,18,19)/t15-/m1/s1. The molecule has 1 amide bonds. The molecule has 0 unspecified atom stereocenters. The van der Waals surface area contributed by atoms with E-state index in [1.54, 1.807) is 31.2 Å². The fraction of sp³-hybridized carbons (Fsp3) is 0.400. The molecule has 1 aromatic rings. The van der Waals surface area contributed by atoms with Gasteiger partial charge in [0.2, 0.25) is 0 Å².